The Morgan fingerprint density at radius 2 is 2.20 bits per heavy atom. The third-order valence-corrected chi connectivity index (χ3v) is 1.65. The average molecular weight is 134 g/mol. The molecule has 1 aromatic heterocycles. The average Bonchev–Trinajstić information content (AvgIpc) is 2.04. The van der Waals surface area contributed by atoms with Gasteiger partial charge in [0, 0.05) is 5.69 Å². The van der Waals surface area contributed by atoms with Crippen molar-refractivity contribution in [3.05, 3.63) is 29.6 Å². The molecule has 53 valence electrons. The molecule has 0 aliphatic carbocycles. The monoisotopic (exact) mass is 134 g/mol. The zero-order valence-electron chi connectivity index (χ0n) is 6.52. The van der Waals surface area contributed by atoms with Crippen molar-refractivity contribution in [2.24, 2.45) is 0 Å². The van der Waals surface area contributed by atoms with Crippen LogP contribution in [0.25, 0.3) is 0 Å². The molecule has 0 spiro atoms. The number of rotatable bonds is 2. The first-order chi connectivity index (χ1) is 4.88. The summed E-state index contributed by atoms with van der Waals surface area (Å²) >= 11 is 0. The molecule has 1 heterocycles. The van der Waals surface area contributed by atoms with Crippen LogP contribution in [0.15, 0.2) is 12.1 Å². The van der Waals surface area contributed by atoms with E-state index in [1.165, 1.54) is 11.3 Å². The van der Waals surface area contributed by atoms with Crippen LogP contribution < -0.4 is 0 Å². The minimum atomic E-state index is 1.01. The SMILES string of the molecule is CCc1cc[c]nc1CC. The smallest absolute Gasteiger partial charge is 0.0889 e. The highest BCUT2D eigenvalue weighted by Crippen LogP contribution is 2.05. The molecule has 0 saturated carbocycles. The normalized spacial score (nSPS) is 9.80. The summed E-state index contributed by atoms with van der Waals surface area (Å²) in [5.41, 5.74) is 2.53. The van der Waals surface area contributed by atoms with Crippen molar-refractivity contribution < 1.29 is 0 Å². The maximum absolute atomic E-state index is 4.14. The highest BCUT2D eigenvalue weighted by atomic mass is 14.7. The first-order valence-electron chi connectivity index (χ1n) is 3.73. The van der Waals surface area contributed by atoms with Crippen molar-refractivity contribution in [2.75, 3.05) is 0 Å². The fourth-order valence-electron chi connectivity index (χ4n) is 1.05. The Labute approximate surface area is 62.1 Å². The van der Waals surface area contributed by atoms with Crippen LogP contribution >= 0.6 is 0 Å². The first-order valence-corrected chi connectivity index (χ1v) is 3.73. The number of hydrogen-bond acceptors (Lipinski definition) is 1. The van der Waals surface area contributed by atoms with Crippen LogP contribution in [0.3, 0.4) is 0 Å². The first kappa shape index (κ1) is 7.26. The highest BCUT2D eigenvalue weighted by molar-refractivity contribution is 5.18. The van der Waals surface area contributed by atoms with E-state index in [1.54, 1.807) is 0 Å². The molecule has 1 nitrogen and oxygen atoms in total. The van der Waals surface area contributed by atoms with Crippen LogP contribution in [0.5, 0.6) is 0 Å². The molecule has 0 fully saturated rings. The third kappa shape index (κ3) is 1.35. The molecule has 0 atom stereocenters. The molecule has 10 heavy (non-hydrogen) atoms. The van der Waals surface area contributed by atoms with Gasteiger partial charge in [0.25, 0.3) is 0 Å². The fraction of sp³-hybridized carbons (Fsp3) is 0.444. The minimum absolute atomic E-state index is 1.01. The van der Waals surface area contributed by atoms with Crippen LogP contribution in [0.4, 0.5) is 0 Å². The Morgan fingerprint density at radius 3 is 2.70 bits per heavy atom. The predicted octanol–water partition coefficient (Wildman–Crippen LogP) is 2.01. The Hall–Kier alpha value is -0.850. The molecule has 0 unspecified atom stereocenters. The Kier molecular flexibility index (Phi) is 2.43. The van der Waals surface area contributed by atoms with Gasteiger partial charge in [0.2, 0.25) is 0 Å². The van der Waals surface area contributed by atoms with E-state index in [4.69, 9.17) is 0 Å². The van der Waals surface area contributed by atoms with Gasteiger partial charge in [-0.05, 0) is 24.5 Å². The van der Waals surface area contributed by atoms with Crippen molar-refractivity contribution in [1.82, 2.24) is 4.98 Å². The molecule has 0 aliphatic heterocycles. The van der Waals surface area contributed by atoms with Crippen LogP contribution in [-0.4, -0.2) is 4.98 Å². The molecule has 0 N–H and O–H groups in total. The van der Waals surface area contributed by atoms with Crippen molar-refractivity contribution in [2.45, 2.75) is 26.7 Å². The molecule has 0 aliphatic rings. The molecule has 0 saturated heterocycles. The standard InChI is InChI=1S/C9H12N/c1-3-8-6-5-7-10-9(8)4-2/h5-6H,3-4H2,1-2H3. The number of aryl methyl sites for hydroxylation is 2. The van der Waals surface area contributed by atoms with E-state index >= 15 is 0 Å². The summed E-state index contributed by atoms with van der Waals surface area (Å²) in [5.74, 6) is 0. The van der Waals surface area contributed by atoms with E-state index < -0.39 is 0 Å². The van der Waals surface area contributed by atoms with Crippen molar-refractivity contribution in [3.8, 4) is 0 Å². The van der Waals surface area contributed by atoms with Crippen LogP contribution in [0, 0.1) is 6.20 Å². The van der Waals surface area contributed by atoms with Crippen molar-refractivity contribution in [3.63, 3.8) is 0 Å². The van der Waals surface area contributed by atoms with Gasteiger partial charge in [-0.1, -0.05) is 19.9 Å². The van der Waals surface area contributed by atoms with Gasteiger partial charge >= 0.3 is 0 Å². The quantitative estimate of drug-likeness (QED) is 0.603. The molecule has 1 aromatic rings. The second-order valence-corrected chi connectivity index (χ2v) is 2.25. The van der Waals surface area contributed by atoms with Crippen LogP contribution in [0.1, 0.15) is 25.1 Å². The summed E-state index contributed by atoms with van der Waals surface area (Å²) in [5, 5.41) is 0. The van der Waals surface area contributed by atoms with E-state index in [-0.39, 0.29) is 0 Å². The maximum Gasteiger partial charge on any atom is 0.0889 e. The van der Waals surface area contributed by atoms with Gasteiger partial charge < -0.3 is 0 Å². The topological polar surface area (TPSA) is 12.9 Å². The lowest BCUT2D eigenvalue weighted by Crippen LogP contribution is -1.93. The highest BCUT2D eigenvalue weighted by Gasteiger charge is 1.96. The zero-order valence-corrected chi connectivity index (χ0v) is 6.52. The van der Waals surface area contributed by atoms with E-state index in [1.807, 2.05) is 6.07 Å². The molecule has 0 aromatic carbocycles. The van der Waals surface area contributed by atoms with Gasteiger partial charge in [0.1, 0.15) is 0 Å². The second kappa shape index (κ2) is 3.35. The van der Waals surface area contributed by atoms with Gasteiger partial charge in [-0.2, -0.15) is 0 Å². The maximum atomic E-state index is 4.14. The third-order valence-electron chi connectivity index (χ3n) is 1.65. The van der Waals surface area contributed by atoms with Crippen molar-refractivity contribution in [1.29, 1.82) is 0 Å². The lowest BCUT2D eigenvalue weighted by atomic mass is 10.1. The largest absolute Gasteiger partial charge is 0.251 e. The fourth-order valence-corrected chi connectivity index (χ4v) is 1.05. The van der Waals surface area contributed by atoms with E-state index in [9.17, 15) is 0 Å². The van der Waals surface area contributed by atoms with E-state index in [0.717, 1.165) is 12.8 Å². The zero-order chi connectivity index (χ0) is 7.40. The number of pyridine rings is 1. The summed E-state index contributed by atoms with van der Waals surface area (Å²) in [6, 6.07) is 3.96. The Morgan fingerprint density at radius 1 is 1.40 bits per heavy atom. The Bertz CT molecular complexity index is 183. The summed E-state index contributed by atoms with van der Waals surface area (Å²) in [6.07, 6.45) is 4.93. The molecule has 1 rings (SSSR count). The number of hydrogen-bond donors (Lipinski definition) is 0. The summed E-state index contributed by atoms with van der Waals surface area (Å²) in [4.78, 5) is 4.14. The summed E-state index contributed by atoms with van der Waals surface area (Å²) in [6.45, 7) is 4.27. The van der Waals surface area contributed by atoms with Gasteiger partial charge in [-0.15, -0.1) is 0 Å². The van der Waals surface area contributed by atoms with Crippen LogP contribution in [-0.2, 0) is 12.8 Å². The van der Waals surface area contributed by atoms with E-state index in [0.29, 0.717) is 0 Å². The molecule has 0 amide bonds. The van der Waals surface area contributed by atoms with Gasteiger partial charge in [0.05, 0.1) is 6.20 Å². The molecular formula is C9H12N. The molecule has 1 radical (unpaired) electrons. The van der Waals surface area contributed by atoms with Gasteiger partial charge in [0.15, 0.2) is 0 Å². The van der Waals surface area contributed by atoms with Crippen LogP contribution in [0.2, 0.25) is 0 Å². The molecular weight excluding hydrogens is 122 g/mol. The number of nitrogens with zero attached hydrogens (tertiary/aromatic N) is 1. The summed E-state index contributed by atoms with van der Waals surface area (Å²) < 4.78 is 0. The number of aromatic nitrogens is 1. The predicted molar refractivity (Wildman–Crippen MR) is 41.8 cm³/mol. The van der Waals surface area contributed by atoms with Crippen molar-refractivity contribution >= 4 is 0 Å². The summed E-state index contributed by atoms with van der Waals surface area (Å²) in [7, 11) is 0. The van der Waals surface area contributed by atoms with Gasteiger partial charge in [-0.3, -0.25) is 4.98 Å². The van der Waals surface area contributed by atoms with E-state index in [2.05, 4.69) is 31.1 Å². The second-order valence-electron chi connectivity index (χ2n) is 2.25. The molecule has 1 heteroatoms. The minimum Gasteiger partial charge on any atom is -0.251 e. The van der Waals surface area contributed by atoms with Gasteiger partial charge in [-0.25, -0.2) is 0 Å². The lowest BCUT2D eigenvalue weighted by molar-refractivity contribution is 0.961. The Balaban J connectivity index is 2.96. The lowest BCUT2D eigenvalue weighted by Gasteiger charge is -2.00. The molecule has 0 bridgehead atoms.